The maximum absolute atomic E-state index is 10.8. The second-order valence-electron chi connectivity index (χ2n) is 4.05. The van der Waals surface area contributed by atoms with Crippen molar-refractivity contribution in [2.24, 2.45) is 5.73 Å². The van der Waals surface area contributed by atoms with Crippen molar-refractivity contribution in [2.45, 2.75) is 25.6 Å². The predicted molar refractivity (Wildman–Crippen MR) is 73.3 cm³/mol. The zero-order valence-electron chi connectivity index (χ0n) is 10.4. The lowest BCUT2D eigenvalue weighted by Gasteiger charge is -2.20. The van der Waals surface area contributed by atoms with E-state index < -0.39 is 12.2 Å². The molecule has 18 heavy (non-hydrogen) atoms. The molecule has 0 radical (unpaired) electrons. The Morgan fingerprint density at radius 3 is 2.67 bits per heavy atom. The molecular formula is C13H19NO3S. The van der Waals surface area contributed by atoms with Crippen molar-refractivity contribution >= 4 is 16.9 Å². The Hall–Kier alpha value is -0.880. The van der Waals surface area contributed by atoms with Crippen molar-refractivity contribution in [3.05, 3.63) is 35.4 Å². The molecule has 0 saturated heterocycles. The number of nitrogens with two attached hydrogens (primary N) is 1. The normalized spacial score (nSPS) is 14.2. The molecular weight excluding hydrogens is 250 g/mol. The quantitative estimate of drug-likeness (QED) is 0.713. The van der Waals surface area contributed by atoms with Crippen LogP contribution in [0.25, 0.3) is 0 Å². The summed E-state index contributed by atoms with van der Waals surface area (Å²) in [5.74, 6) is 0.188. The molecule has 1 rings (SSSR count). The van der Waals surface area contributed by atoms with E-state index in [9.17, 15) is 15.0 Å². The molecule has 0 amide bonds. The van der Waals surface area contributed by atoms with Gasteiger partial charge in [0.25, 0.3) is 0 Å². The van der Waals surface area contributed by atoms with E-state index in [4.69, 9.17) is 5.73 Å². The van der Waals surface area contributed by atoms with Crippen LogP contribution >= 0.6 is 11.8 Å². The molecule has 0 spiro atoms. The first kappa shape index (κ1) is 15.2. The van der Waals surface area contributed by atoms with Crippen molar-refractivity contribution in [2.75, 3.05) is 12.3 Å². The van der Waals surface area contributed by atoms with Gasteiger partial charge in [-0.25, -0.2) is 0 Å². The van der Waals surface area contributed by atoms with Gasteiger partial charge in [0.1, 0.15) is 6.10 Å². The van der Waals surface area contributed by atoms with Crippen LogP contribution in [-0.4, -0.2) is 33.7 Å². The summed E-state index contributed by atoms with van der Waals surface area (Å²) < 4.78 is 0. The Morgan fingerprint density at radius 1 is 1.39 bits per heavy atom. The Morgan fingerprint density at radius 2 is 2.06 bits per heavy atom. The number of carbonyl (C=O) groups excluding carboxylic acids is 1. The van der Waals surface area contributed by atoms with Crippen LogP contribution < -0.4 is 5.73 Å². The lowest BCUT2D eigenvalue weighted by atomic mass is 9.97. The van der Waals surface area contributed by atoms with Gasteiger partial charge in [-0.1, -0.05) is 36.0 Å². The Labute approximate surface area is 111 Å². The first-order valence-electron chi connectivity index (χ1n) is 5.83. The number of thioether (sulfide) groups is 1. The van der Waals surface area contributed by atoms with Gasteiger partial charge in [0, 0.05) is 12.7 Å². The van der Waals surface area contributed by atoms with E-state index in [2.05, 4.69) is 0 Å². The van der Waals surface area contributed by atoms with E-state index in [-0.39, 0.29) is 10.9 Å². The van der Waals surface area contributed by atoms with Crippen LogP contribution in [0, 0.1) is 0 Å². The number of aliphatic hydroxyl groups is 2. The Bertz CT molecular complexity index is 398. The standard InChI is InChI=1S/C13H19NO3S/c1-9(15)18-8-12(16)13(17)11-5-3-2-4-10(11)6-7-14/h2-5,12-13,16-17H,6-8,14H2,1H3. The summed E-state index contributed by atoms with van der Waals surface area (Å²) >= 11 is 1.01. The fourth-order valence-corrected chi connectivity index (χ4v) is 2.29. The molecule has 2 unspecified atom stereocenters. The van der Waals surface area contributed by atoms with Crippen LogP contribution in [0.15, 0.2) is 24.3 Å². The molecule has 5 heteroatoms. The van der Waals surface area contributed by atoms with Gasteiger partial charge in [0.2, 0.25) is 0 Å². The van der Waals surface area contributed by atoms with Gasteiger partial charge >= 0.3 is 0 Å². The Kier molecular flexibility index (Phi) is 6.35. The molecule has 0 aliphatic heterocycles. The number of benzene rings is 1. The van der Waals surface area contributed by atoms with Crippen molar-refractivity contribution in [1.29, 1.82) is 0 Å². The van der Waals surface area contributed by atoms with Crippen LogP contribution in [0.5, 0.6) is 0 Å². The van der Waals surface area contributed by atoms with Crippen LogP contribution in [-0.2, 0) is 11.2 Å². The van der Waals surface area contributed by atoms with Gasteiger partial charge in [0.15, 0.2) is 5.12 Å². The summed E-state index contributed by atoms with van der Waals surface area (Å²) in [5, 5.41) is 19.9. The summed E-state index contributed by atoms with van der Waals surface area (Å²) in [6.45, 7) is 1.92. The Balaban J connectivity index is 2.75. The zero-order chi connectivity index (χ0) is 13.5. The molecule has 4 N–H and O–H groups in total. The summed E-state index contributed by atoms with van der Waals surface area (Å²) in [6, 6.07) is 7.34. The first-order valence-corrected chi connectivity index (χ1v) is 6.82. The van der Waals surface area contributed by atoms with Crippen LogP contribution in [0.1, 0.15) is 24.2 Å². The fourth-order valence-electron chi connectivity index (χ4n) is 1.71. The number of rotatable bonds is 6. The van der Waals surface area contributed by atoms with Crippen LogP contribution in [0.2, 0.25) is 0 Å². The van der Waals surface area contributed by atoms with Crippen molar-refractivity contribution in [3.63, 3.8) is 0 Å². The topological polar surface area (TPSA) is 83.5 Å². The van der Waals surface area contributed by atoms with Crippen molar-refractivity contribution in [3.8, 4) is 0 Å². The molecule has 0 aliphatic rings. The number of hydrogen-bond acceptors (Lipinski definition) is 5. The van der Waals surface area contributed by atoms with Crippen molar-refractivity contribution in [1.82, 2.24) is 0 Å². The van der Waals surface area contributed by atoms with Gasteiger partial charge in [-0.2, -0.15) is 0 Å². The molecule has 0 bridgehead atoms. The number of hydrogen-bond donors (Lipinski definition) is 3. The summed E-state index contributed by atoms with van der Waals surface area (Å²) in [5.41, 5.74) is 7.12. The van der Waals surface area contributed by atoms with Crippen LogP contribution in [0.3, 0.4) is 0 Å². The average molecular weight is 269 g/mol. The van der Waals surface area contributed by atoms with E-state index in [1.165, 1.54) is 6.92 Å². The highest BCUT2D eigenvalue weighted by Crippen LogP contribution is 2.23. The van der Waals surface area contributed by atoms with E-state index in [1.807, 2.05) is 18.2 Å². The van der Waals surface area contributed by atoms with E-state index in [1.54, 1.807) is 6.07 Å². The molecule has 100 valence electrons. The zero-order valence-corrected chi connectivity index (χ0v) is 11.2. The molecule has 0 fully saturated rings. The molecule has 0 saturated carbocycles. The largest absolute Gasteiger partial charge is 0.389 e. The molecule has 1 aromatic carbocycles. The van der Waals surface area contributed by atoms with Crippen molar-refractivity contribution < 1.29 is 15.0 Å². The lowest BCUT2D eigenvalue weighted by molar-refractivity contribution is -0.109. The third-order valence-electron chi connectivity index (χ3n) is 2.61. The minimum atomic E-state index is -0.986. The summed E-state index contributed by atoms with van der Waals surface area (Å²) in [6.07, 6.45) is -1.29. The molecule has 0 aromatic heterocycles. The molecule has 0 aliphatic carbocycles. The second-order valence-corrected chi connectivity index (χ2v) is 5.25. The monoisotopic (exact) mass is 269 g/mol. The maximum atomic E-state index is 10.8. The predicted octanol–water partition coefficient (Wildman–Crippen LogP) is 0.862. The van der Waals surface area contributed by atoms with E-state index >= 15 is 0 Å². The third kappa shape index (κ3) is 4.42. The fraction of sp³-hybridized carbons (Fsp3) is 0.462. The van der Waals surface area contributed by atoms with E-state index in [0.29, 0.717) is 18.5 Å². The molecule has 0 heterocycles. The SMILES string of the molecule is CC(=O)SCC(O)C(O)c1ccccc1CCN. The van der Waals surface area contributed by atoms with Gasteiger partial charge in [-0.15, -0.1) is 0 Å². The van der Waals surface area contributed by atoms with E-state index in [0.717, 1.165) is 17.3 Å². The van der Waals surface area contributed by atoms with Gasteiger partial charge in [0.05, 0.1) is 6.10 Å². The molecule has 2 atom stereocenters. The minimum Gasteiger partial charge on any atom is -0.389 e. The molecule has 4 nitrogen and oxygen atoms in total. The maximum Gasteiger partial charge on any atom is 0.185 e. The average Bonchev–Trinajstić information content (AvgIpc) is 2.36. The summed E-state index contributed by atoms with van der Waals surface area (Å²) in [7, 11) is 0. The number of carbonyl (C=O) groups is 1. The van der Waals surface area contributed by atoms with Gasteiger partial charge < -0.3 is 15.9 Å². The number of aliphatic hydroxyl groups excluding tert-OH is 2. The van der Waals surface area contributed by atoms with Gasteiger partial charge in [-0.3, -0.25) is 4.79 Å². The minimum absolute atomic E-state index is 0.0727. The highest BCUT2D eigenvalue weighted by Gasteiger charge is 2.21. The smallest absolute Gasteiger partial charge is 0.185 e. The van der Waals surface area contributed by atoms with Crippen LogP contribution in [0.4, 0.5) is 0 Å². The second kappa shape index (κ2) is 7.53. The molecule has 1 aromatic rings. The highest BCUT2D eigenvalue weighted by atomic mass is 32.2. The lowest BCUT2D eigenvalue weighted by Crippen LogP contribution is -2.23. The first-order chi connectivity index (χ1) is 8.56. The summed E-state index contributed by atoms with van der Waals surface area (Å²) in [4.78, 5) is 10.8. The third-order valence-corrected chi connectivity index (χ3v) is 3.52. The highest BCUT2D eigenvalue weighted by molar-refractivity contribution is 8.13. The van der Waals surface area contributed by atoms with Gasteiger partial charge in [-0.05, 0) is 24.1 Å².